The molecule has 0 unspecified atom stereocenters. The number of hydrogen-bond acceptors (Lipinski definition) is 2. The zero-order valence-electron chi connectivity index (χ0n) is 14.3. The van der Waals surface area contributed by atoms with Crippen LogP contribution in [0.5, 0.6) is 0 Å². The Kier molecular flexibility index (Phi) is 5.66. The van der Waals surface area contributed by atoms with Gasteiger partial charge in [0.15, 0.2) is 11.6 Å². The van der Waals surface area contributed by atoms with Crippen LogP contribution in [-0.2, 0) is 16.0 Å². The van der Waals surface area contributed by atoms with Crippen LogP contribution in [0.3, 0.4) is 0 Å². The average Bonchev–Trinajstić information content (AvgIpc) is 3.27. The summed E-state index contributed by atoms with van der Waals surface area (Å²) in [6, 6.07) is 3.73. The van der Waals surface area contributed by atoms with E-state index in [4.69, 9.17) is 0 Å². The Hall–Kier alpha value is -1.98. The molecule has 1 saturated carbocycles. The van der Waals surface area contributed by atoms with Crippen molar-refractivity contribution >= 4 is 11.8 Å². The van der Waals surface area contributed by atoms with Gasteiger partial charge in [-0.2, -0.15) is 0 Å². The molecule has 6 heteroatoms. The van der Waals surface area contributed by atoms with Gasteiger partial charge in [0.1, 0.15) is 0 Å². The number of carbonyl (C=O) groups excluding carboxylic acids is 2. The van der Waals surface area contributed by atoms with Crippen molar-refractivity contribution < 1.29 is 18.4 Å². The molecule has 0 bridgehead atoms. The van der Waals surface area contributed by atoms with Crippen LogP contribution in [0.25, 0.3) is 0 Å². The third-order valence-corrected chi connectivity index (χ3v) is 5.19. The summed E-state index contributed by atoms with van der Waals surface area (Å²) in [7, 11) is 0. The fourth-order valence-electron chi connectivity index (χ4n) is 3.79. The molecule has 2 fully saturated rings. The summed E-state index contributed by atoms with van der Waals surface area (Å²) in [5.74, 6) is -1.63. The van der Waals surface area contributed by atoms with Crippen LogP contribution in [-0.4, -0.2) is 35.8 Å². The van der Waals surface area contributed by atoms with E-state index in [0.29, 0.717) is 18.4 Å². The lowest BCUT2D eigenvalue weighted by Gasteiger charge is -2.20. The Balaban J connectivity index is 1.42. The standard InChI is InChI=1S/C19H24F2N2O2/c20-16-7-3-13(11-17(16)21)4-8-18(24)22-15-6-5-14(12-15)19(25)23-9-1-2-10-23/h3,7,11,14-15H,1-2,4-6,8-10,12H2,(H,22,24)/t14-,15+/m0/s1. The molecule has 1 N–H and O–H groups in total. The first-order valence-corrected chi connectivity index (χ1v) is 9.05. The Morgan fingerprint density at radius 2 is 1.88 bits per heavy atom. The van der Waals surface area contributed by atoms with Gasteiger partial charge < -0.3 is 10.2 Å². The molecule has 0 aromatic heterocycles. The van der Waals surface area contributed by atoms with Gasteiger partial charge in [0.05, 0.1) is 0 Å². The minimum atomic E-state index is -0.892. The van der Waals surface area contributed by atoms with Crippen LogP contribution in [0.1, 0.15) is 44.1 Å². The molecule has 1 aliphatic heterocycles. The number of nitrogens with one attached hydrogen (secondary N) is 1. The van der Waals surface area contributed by atoms with Gasteiger partial charge in [-0.3, -0.25) is 9.59 Å². The zero-order valence-corrected chi connectivity index (χ0v) is 14.3. The summed E-state index contributed by atoms with van der Waals surface area (Å²) >= 11 is 0. The van der Waals surface area contributed by atoms with E-state index in [-0.39, 0.29) is 30.2 Å². The minimum Gasteiger partial charge on any atom is -0.353 e. The molecule has 3 rings (SSSR count). The van der Waals surface area contributed by atoms with E-state index < -0.39 is 11.6 Å². The molecular weight excluding hydrogens is 326 g/mol. The van der Waals surface area contributed by atoms with E-state index in [9.17, 15) is 18.4 Å². The van der Waals surface area contributed by atoms with Crippen molar-refractivity contribution in [3.05, 3.63) is 35.4 Å². The number of hydrogen-bond donors (Lipinski definition) is 1. The van der Waals surface area contributed by atoms with Gasteiger partial charge in [-0.15, -0.1) is 0 Å². The molecule has 4 nitrogen and oxygen atoms in total. The summed E-state index contributed by atoms with van der Waals surface area (Å²) in [5, 5.41) is 2.97. The fraction of sp³-hybridized carbons (Fsp3) is 0.579. The highest BCUT2D eigenvalue weighted by molar-refractivity contribution is 5.80. The summed E-state index contributed by atoms with van der Waals surface area (Å²) in [5.41, 5.74) is 0.600. The van der Waals surface area contributed by atoms with E-state index in [2.05, 4.69) is 5.32 Å². The summed E-state index contributed by atoms with van der Waals surface area (Å²) in [4.78, 5) is 26.4. The topological polar surface area (TPSA) is 49.4 Å². The predicted molar refractivity (Wildman–Crippen MR) is 89.8 cm³/mol. The van der Waals surface area contributed by atoms with Gasteiger partial charge >= 0.3 is 0 Å². The van der Waals surface area contributed by atoms with Crippen molar-refractivity contribution in [2.45, 2.75) is 51.0 Å². The van der Waals surface area contributed by atoms with Crippen LogP contribution in [0, 0.1) is 17.6 Å². The van der Waals surface area contributed by atoms with E-state index >= 15 is 0 Å². The molecule has 1 aromatic rings. The average molecular weight is 350 g/mol. The minimum absolute atomic E-state index is 0.0228. The summed E-state index contributed by atoms with van der Waals surface area (Å²) in [6.07, 6.45) is 5.11. The zero-order chi connectivity index (χ0) is 17.8. The Bertz CT molecular complexity index is 644. The lowest BCUT2D eigenvalue weighted by Crippen LogP contribution is -2.36. The maximum absolute atomic E-state index is 13.2. The van der Waals surface area contributed by atoms with E-state index in [1.54, 1.807) is 0 Å². The quantitative estimate of drug-likeness (QED) is 0.888. The lowest BCUT2D eigenvalue weighted by atomic mass is 10.1. The molecule has 136 valence electrons. The third-order valence-electron chi connectivity index (χ3n) is 5.19. The van der Waals surface area contributed by atoms with Crippen LogP contribution in [0.2, 0.25) is 0 Å². The Labute approximate surface area is 146 Å². The van der Waals surface area contributed by atoms with Crippen molar-refractivity contribution in [3.63, 3.8) is 0 Å². The molecule has 25 heavy (non-hydrogen) atoms. The van der Waals surface area contributed by atoms with Gasteiger partial charge in [0.2, 0.25) is 11.8 Å². The molecule has 2 amide bonds. The number of nitrogens with zero attached hydrogens (tertiary/aromatic N) is 1. The SMILES string of the molecule is O=C(CCc1ccc(F)c(F)c1)N[C@@H]1CC[C@H](C(=O)N2CCCC2)C1. The Morgan fingerprint density at radius 1 is 1.12 bits per heavy atom. The highest BCUT2D eigenvalue weighted by Gasteiger charge is 2.33. The van der Waals surface area contributed by atoms with E-state index in [1.165, 1.54) is 6.07 Å². The van der Waals surface area contributed by atoms with Crippen LogP contribution >= 0.6 is 0 Å². The second-order valence-electron chi connectivity index (χ2n) is 7.06. The van der Waals surface area contributed by atoms with Crippen LogP contribution in [0.4, 0.5) is 8.78 Å². The number of aryl methyl sites for hydroxylation is 1. The van der Waals surface area contributed by atoms with Gasteiger partial charge in [0.25, 0.3) is 0 Å². The van der Waals surface area contributed by atoms with Gasteiger partial charge in [-0.25, -0.2) is 8.78 Å². The van der Waals surface area contributed by atoms with Crippen molar-refractivity contribution in [2.24, 2.45) is 5.92 Å². The maximum Gasteiger partial charge on any atom is 0.225 e. The molecule has 0 radical (unpaired) electrons. The summed E-state index contributed by atoms with van der Waals surface area (Å²) < 4.78 is 26.1. The van der Waals surface area contributed by atoms with Crippen LogP contribution < -0.4 is 5.32 Å². The number of carbonyl (C=O) groups is 2. The van der Waals surface area contributed by atoms with Gasteiger partial charge in [0, 0.05) is 31.5 Å². The van der Waals surface area contributed by atoms with Gasteiger partial charge in [-0.1, -0.05) is 6.07 Å². The first-order valence-electron chi connectivity index (χ1n) is 9.05. The van der Waals surface area contributed by atoms with E-state index in [1.807, 2.05) is 4.90 Å². The third kappa shape index (κ3) is 4.55. The molecule has 2 aliphatic rings. The molecule has 1 heterocycles. The number of halogens is 2. The number of rotatable bonds is 5. The second kappa shape index (κ2) is 7.93. The Morgan fingerprint density at radius 3 is 2.60 bits per heavy atom. The van der Waals surface area contributed by atoms with Crippen LogP contribution in [0.15, 0.2) is 18.2 Å². The highest BCUT2D eigenvalue weighted by atomic mass is 19.2. The van der Waals surface area contributed by atoms with Gasteiger partial charge in [-0.05, 0) is 56.2 Å². The monoisotopic (exact) mass is 350 g/mol. The molecule has 1 aliphatic carbocycles. The van der Waals surface area contributed by atoms with Crippen molar-refractivity contribution in [3.8, 4) is 0 Å². The highest BCUT2D eigenvalue weighted by Crippen LogP contribution is 2.28. The second-order valence-corrected chi connectivity index (χ2v) is 7.06. The fourth-order valence-corrected chi connectivity index (χ4v) is 3.79. The van der Waals surface area contributed by atoms with Crippen molar-refractivity contribution in [2.75, 3.05) is 13.1 Å². The molecular formula is C19H24F2N2O2. The first-order chi connectivity index (χ1) is 12.0. The molecule has 1 saturated heterocycles. The summed E-state index contributed by atoms with van der Waals surface area (Å²) in [6.45, 7) is 1.72. The molecule has 0 spiro atoms. The smallest absolute Gasteiger partial charge is 0.225 e. The molecule has 1 aromatic carbocycles. The van der Waals surface area contributed by atoms with Crippen molar-refractivity contribution in [1.82, 2.24) is 10.2 Å². The number of amides is 2. The van der Waals surface area contributed by atoms with E-state index in [0.717, 1.165) is 50.9 Å². The molecule has 2 atom stereocenters. The number of likely N-dealkylation sites (tertiary alicyclic amines) is 1. The maximum atomic E-state index is 13.2. The largest absolute Gasteiger partial charge is 0.353 e. The first kappa shape index (κ1) is 17.8. The van der Waals surface area contributed by atoms with Crippen molar-refractivity contribution in [1.29, 1.82) is 0 Å². The lowest BCUT2D eigenvalue weighted by molar-refractivity contribution is -0.134. The number of benzene rings is 1. The normalized spacial score (nSPS) is 23.0. The predicted octanol–water partition coefficient (Wildman–Crippen LogP) is 2.80.